The van der Waals surface area contributed by atoms with Crippen LogP contribution in [-0.4, -0.2) is 18.8 Å². The number of ether oxygens (including phenoxy) is 1. The minimum Gasteiger partial charge on any atom is -0.469 e. The second-order valence-corrected chi connectivity index (χ2v) is 5.77. The molecule has 0 aromatic heterocycles. The molecule has 94 valence electrons. The standard InChI is InChI=1S/C13H17BrO2S/c1-16-13(15)5-3-2-4-10-17-12-8-6-11(14)7-9-12/h6-9H,2-5,10H2,1H3. The molecule has 1 aromatic carbocycles. The fraction of sp³-hybridized carbons (Fsp3) is 0.462. The van der Waals surface area contributed by atoms with E-state index in [-0.39, 0.29) is 5.97 Å². The second kappa shape index (κ2) is 8.59. The molecule has 2 nitrogen and oxygen atoms in total. The maximum Gasteiger partial charge on any atom is 0.305 e. The molecular formula is C13H17BrO2S. The number of hydrogen-bond acceptors (Lipinski definition) is 3. The number of esters is 1. The first-order valence-corrected chi connectivity index (χ1v) is 7.45. The van der Waals surface area contributed by atoms with Gasteiger partial charge in [-0.1, -0.05) is 22.4 Å². The van der Waals surface area contributed by atoms with E-state index in [0.29, 0.717) is 6.42 Å². The van der Waals surface area contributed by atoms with Crippen molar-refractivity contribution in [2.45, 2.75) is 30.6 Å². The Morgan fingerprint density at radius 2 is 1.94 bits per heavy atom. The summed E-state index contributed by atoms with van der Waals surface area (Å²) in [5, 5.41) is 0. The van der Waals surface area contributed by atoms with E-state index in [0.717, 1.165) is 29.5 Å². The average Bonchev–Trinajstić information content (AvgIpc) is 2.35. The summed E-state index contributed by atoms with van der Waals surface area (Å²) in [6.07, 6.45) is 3.68. The topological polar surface area (TPSA) is 26.3 Å². The monoisotopic (exact) mass is 316 g/mol. The van der Waals surface area contributed by atoms with Gasteiger partial charge in [-0.05, 0) is 42.9 Å². The summed E-state index contributed by atoms with van der Waals surface area (Å²) in [5.41, 5.74) is 0. The molecule has 0 fully saturated rings. The normalized spacial score (nSPS) is 10.2. The molecular weight excluding hydrogens is 300 g/mol. The number of benzene rings is 1. The zero-order valence-electron chi connectivity index (χ0n) is 9.95. The Bertz CT molecular complexity index is 338. The van der Waals surface area contributed by atoms with Crippen LogP contribution in [0.1, 0.15) is 25.7 Å². The van der Waals surface area contributed by atoms with Gasteiger partial charge in [-0.2, -0.15) is 0 Å². The largest absolute Gasteiger partial charge is 0.469 e. The van der Waals surface area contributed by atoms with E-state index in [1.54, 1.807) is 0 Å². The van der Waals surface area contributed by atoms with Gasteiger partial charge in [0.05, 0.1) is 7.11 Å². The highest BCUT2D eigenvalue weighted by molar-refractivity contribution is 9.10. The van der Waals surface area contributed by atoms with E-state index in [1.807, 2.05) is 11.8 Å². The molecule has 0 heterocycles. The van der Waals surface area contributed by atoms with Crippen LogP contribution in [0.4, 0.5) is 0 Å². The molecule has 0 N–H and O–H groups in total. The number of hydrogen-bond donors (Lipinski definition) is 0. The van der Waals surface area contributed by atoms with Crippen molar-refractivity contribution in [1.82, 2.24) is 0 Å². The molecule has 17 heavy (non-hydrogen) atoms. The first-order chi connectivity index (χ1) is 8.22. The first kappa shape index (κ1) is 14.6. The smallest absolute Gasteiger partial charge is 0.305 e. The van der Waals surface area contributed by atoms with E-state index in [9.17, 15) is 4.79 Å². The number of rotatable bonds is 7. The van der Waals surface area contributed by atoms with Crippen LogP contribution in [0.3, 0.4) is 0 Å². The van der Waals surface area contributed by atoms with Crippen molar-refractivity contribution in [2.24, 2.45) is 0 Å². The van der Waals surface area contributed by atoms with Crippen molar-refractivity contribution < 1.29 is 9.53 Å². The highest BCUT2D eigenvalue weighted by Gasteiger charge is 1.99. The molecule has 0 aliphatic carbocycles. The number of carbonyl (C=O) groups excluding carboxylic acids is 1. The van der Waals surface area contributed by atoms with Crippen LogP contribution in [-0.2, 0) is 9.53 Å². The fourth-order valence-electron chi connectivity index (χ4n) is 1.37. The third kappa shape index (κ3) is 6.74. The lowest BCUT2D eigenvalue weighted by atomic mass is 10.2. The first-order valence-electron chi connectivity index (χ1n) is 5.67. The van der Waals surface area contributed by atoms with Crippen molar-refractivity contribution in [3.8, 4) is 0 Å². The highest BCUT2D eigenvalue weighted by Crippen LogP contribution is 2.21. The number of thioether (sulfide) groups is 1. The zero-order valence-corrected chi connectivity index (χ0v) is 12.4. The SMILES string of the molecule is COC(=O)CCCCCSc1ccc(Br)cc1. The van der Waals surface area contributed by atoms with Crippen LogP contribution in [0, 0.1) is 0 Å². The van der Waals surface area contributed by atoms with Crippen molar-refractivity contribution in [3.05, 3.63) is 28.7 Å². The Morgan fingerprint density at radius 3 is 2.59 bits per heavy atom. The third-order valence-electron chi connectivity index (χ3n) is 2.34. The highest BCUT2D eigenvalue weighted by atomic mass is 79.9. The molecule has 0 saturated carbocycles. The molecule has 0 radical (unpaired) electrons. The van der Waals surface area contributed by atoms with Crippen LogP contribution in [0.15, 0.2) is 33.6 Å². The number of halogens is 1. The zero-order chi connectivity index (χ0) is 12.5. The maximum absolute atomic E-state index is 10.9. The Morgan fingerprint density at radius 1 is 1.24 bits per heavy atom. The molecule has 0 unspecified atom stereocenters. The van der Waals surface area contributed by atoms with Crippen molar-refractivity contribution in [3.63, 3.8) is 0 Å². The van der Waals surface area contributed by atoms with Gasteiger partial charge >= 0.3 is 5.97 Å². The molecule has 1 aromatic rings. The van der Waals surface area contributed by atoms with Crippen LogP contribution in [0.25, 0.3) is 0 Å². The van der Waals surface area contributed by atoms with Gasteiger partial charge in [-0.15, -0.1) is 11.8 Å². The molecule has 0 aliphatic heterocycles. The number of methoxy groups -OCH3 is 1. The lowest BCUT2D eigenvalue weighted by Crippen LogP contribution is -1.99. The minimum absolute atomic E-state index is 0.106. The van der Waals surface area contributed by atoms with E-state index in [2.05, 4.69) is 44.9 Å². The average molecular weight is 317 g/mol. The molecule has 0 aliphatic rings. The van der Waals surface area contributed by atoms with Gasteiger partial charge < -0.3 is 4.74 Å². The lowest BCUT2D eigenvalue weighted by molar-refractivity contribution is -0.140. The van der Waals surface area contributed by atoms with Gasteiger partial charge in [0.1, 0.15) is 0 Å². The van der Waals surface area contributed by atoms with Crippen LogP contribution < -0.4 is 0 Å². The predicted molar refractivity (Wildman–Crippen MR) is 75.4 cm³/mol. The summed E-state index contributed by atoms with van der Waals surface area (Å²) in [6.45, 7) is 0. The quantitative estimate of drug-likeness (QED) is 0.427. The maximum atomic E-state index is 10.9. The lowest BCUT2D eigenvalue weighted by Gasteiger charge is -2.02. The van der Waals surface area contributed by atoms with Gasteiger partial charge in [0.15, 0.2) is 0 Å². The van der Waals surface area contributed by atoms with E-state index >= 15 is 0 Å². The summed E-state index contributed by atoms with van der Waals surface area (Å²) >= 11 is 5.27. The van der Waals surface area contributed by atoms with E-state index in [4.69, 9.17) is 0 Å². The second-order valence-electron chi connectivity index (χ2n) is 3.69. The molecule has 1 rings (SSSR count). The molecule has 0 amide bonds. The van der Waals surface area contributed by atoms with Crippen LogP contribution in [0.5, 0.6) is 0 Å². The third-order valence-corrected chi connectivity index (χ3v) is 3.96. The summed E-state index contributed by atoms with van der Waals surface area (Å²) in [5.74, 6) is 0.994. The molecule has 0 saturated heterocycles. The Hall–Kier alpha value is -0.480. The Balaban J connectivity index is 2.04. The summed E-state index contributed by atoms with van der Waals surface area (Å²) in [4.78, 5) is 12.2. The fourth-order valence-corrected chi connectivity index (χ4v) is 2.55. The van der Waals surface area contributed by atoms with E-state index in [1.165, 1.54) is 12.0 Å². The molecule has 0 spiro atoms. The van der Waals surface area contributed by atoms with Crippen molar-refractivity contribution >= 4 is 33.7 Å². The van der Waals surface area contributed by atoms with Gasteiger partial charge in [-0.3, -0.25) is 4.79 Å². The predicted octanol–water partition coefficient (Wildman–Crippen LogP) is 4.27. The minimum atomic E-state index is -0.106. The number of unbranched alkanes of at least 4 members (excludes halogenated alkanes) is 2. The summed E-state index contributed by atoms with van der Waals surface area (Å²) in [6, 6.07) is 8.34. The number of carbonyl (C=O) groups is 1. The van der Waals surface area contributed by atoms with Crippen molar-refractivity contribution in [2.75, 3.05) is 12.9 Å². The van der Waals surface area contributed by atoms with E-state index < -0.39 is 0 Å². The Kier molecular flexibility index (Phi) is 7.37. The molecule has 0 atom stereocenters. The van der Waals surface area contributed by atoms with Gasteiger partial charge in [0.25, 0.3) is 0 Å². The summed E-state index contributed by atoms with van der Waals surface area (Å²) < 4.78 is 5.70. The van der Waals surface area contributed by atoms with Gasteiger partial charge in [0.2, 0.25) is 0 Å². The van der Waals surface area contributed by atoms with Crippen LogP contribution in [0.2, 0.25) is 0 Å². The van der Waals surface area contributed by atoms with Gasteiger partial charge in [-0.25, -0.2) is 0 Å². The van der Waals surface area contributed by atoms with Crippen molar-refractivity contribution in [1.29, 1.82) is 0 Å². The molecule has 0 bridgehead atoms. The van der Waals surface area contributed by atoms with Crippen LogP contribution >= 0.6 is 27.7 Å². The Labute approximate surface area is 115 Å². The van der Waals surface area contributed by atoms with Gasteiger partial charge in [0, 0.05) is 15.8 Å². The molecule has 4 heteroatoms. The summed E-state index contributed by atoms with van der Waals surface area (Å²) in [7, 11) is 1.44.